The molecular formula is C30H32Cl2F3N3O4S. The lowest BCUT2D eigenvalue weighted by Crippen LogP contribution is -2.53. The summed E-state index contributed by atoms with van der Waals surface area (Å²) in [7, 11) is -4.62. The van der Waals surface area contributed by atoms with Crippen LogP contribution >= 0.6 is 23.2 Å². The Morgan fingerprint density at radius 2 is 1.53 bits per heavy atom. The van der Waals surface area contributed by atoms with Gasteiger partial charge in [0.1, 0.15) is 12.6 Å². The smallest absolute Gasteiger partial charge is 0.352 e. The zero-order chi connectivity index (χ0) is 31.9. The van der Waals surface area contributed by atoms with Crippen LogP contribution in [0.4, 0.5) is 18.9 Å². The molecule has 0 aliphatic rings. The fourth-order valence-electron chi connectivity index (χ4n) is 4.28. The molecule has 0 saturated heterocycles. The molecule has 1 N–H and O–H groups in total. The van der Waals surface area contributed by atoms with Crippen LogP contribution in [0.5, 0.6) is 0 Å². The summed E-state index contributed by atoms with van der Waals surface area (Å²) in [6, 6.07) is 14.6. The topological polar surface area (TPSA) is 86.8 Å². The van der Waals surface area contributed by atoms with Gasteiger partial charge in [0.15, 0.2) is 0 Å². The predicted octanol–water partition coefficient (Wildman–Crippen LogP) is 6.93. The van der Waals surface area contributed by atoms with E-state index in [1.165, 1.54) is 29.2 Å². The van der Waals surface area contributed by atoms with Crippen molar-refractivity contribution in [2.45, 2.75) is 63.3 Å². The summed E-state index contributed by atoms with van der Waals surface area (Å²) in [6.45, 7) is 4.25. The molecule has 0 heterocycles. The number of alkyl halides is 3. The zero-order valence-corrected chi connectivity index (χ0v) is 26.1. The van der Waals surface area contributed by atoms with Gasteiger partial charge in [-0.1, -0.05) is 73.4 Å². The summed E-state index contributed by atoms with van der Waals surface area (Å²) in [5.74, 6) is -1.31. The highest BCUT2D eigenvalue weighted by atomic mass is 35.5. The summed E-state index contributed by atoms with van der Waals surface area (Å²) in [5, 5.41) is 2.84. The van der Waals surface area contributed by atoms with Gasteiger partial charge in [0.25, 0.3) is 10.0 Å². The number of sulfonamides is 1. The number of carbonyl (C=O) groups excluding carboxylic acids is 2. The maximum absolute atomic E-state index is 14.1. The van der Waals surface area contributed by atoms with Crippen molar-refractivity contribution in [1.82, 2.24) is 10.2 Å². The van der Waals surface area contributed by atoms with Crippen LogP contribution < -0.4 is 9.62 Å². The molecule has 3 aromatic carbocycles. The van der Waals surface area contributed by atoms with Gasteiger partial charge in [0.2, 0.25) is 11.8 Å². The van der Waals surface area contributed by atoms with E-state index < -0.39 is 51.9 Å². The molecule has 2 amide bonds. The molecule has 0 saturated carbocycles. The first-order valence-electron chi connectivity index (χ1n) is 13.5. The summed E-state index contributed by atoms with van der Waals surface area (Å²) in [4.78, 5) is 28.4. The summed E-state index contributed by atoms with van der Waals surface area (Å²) in [5.41, 5.74) is -1.20. The van der Waals surface area contributed by atoms with Gasteiger partial charge >= 0.3 is 6.18 Å². The second kappa shape index (κ2) is 14.5. The fraction of sp³-hybridized carbons (Fsp3) is 0.333. The predicted molar refractivity (Wildman–Crippen MR) is 161 cm³/mol. The van der Waals surface area contributed by atoms with Gasteiger partial charge in [-0.2, -0.15) is 13.2 Å². The molecule has 0 aromatic heterocycles. The lowest BCUT2D eigenvalue weighted by molar-refractivity contribution is -0.140. The lowest BCUT2D eigenvalue weighted by Gasteiger charge is -2.34. The van der Waals surface area contributed by atoms with Gasteiger partial charge in [0.05, 0.1) is 21.2 Å². The summed E-state index contributed by atoms with van der Waals surface area (Å²) < 4.78 is 69.4. The first kappa shape index (κ1) is 34.2. The number of rotatable bonds is 12. The fourth-order valence-corrected chi connectivity index (χ4v) is 6.20. The molecular weight excluding hydrogens is 626 g/mol. The summed E-state index contributed by atoms with van der Waals surface area (Å²) in [6.07, 6.45) is -4.03. The van der Waals surface area contributed by atoms with E-state index in [0.29, 0.717) is 27.4 Å². The third-order valence-corrected chi connectivity index (χ3v) is 9.30. The first-order valence-corrected chi connectivity index (χ1v) is 15.7. The van der Waals surface area contributed by atoms with Gasteiger partial charge in [0, 0.05) is 17.6 Å². The molecule has 0 aliphatic heterocycles. The average Bonchev–Trinajstić information content (AvgIpc) is 2.96. The molecule has 0 bridgehead atoms. The summed E-state index contributed by atoms with van der Waals surface area (Å²) >= 11 is 12.7. The molecule has 0 unspecified atom stereocenters. The van der Waals surface area contributed by atoms with Gasteiger partial charge in [-0.25, -0.2) is 8.42 Å². The number of hydrogen-bond donors (Lipinski definition) is 1. The van der Waals surface area contributed by atoms with Crippen molar-refractivity contribution in [3.63, 3.8) is 0 Å². The number of anilines is 1. The van der Waals surface area contributed by atoms with Crippen molar-refractivity contribution in [1.29, 1.82) is 0 Å². The Bertz CT molecular complexity index is 1540. The van der Waals surface area contributed by atoms with Crippen LogP contribution in [-0.4, -0.2) is 43.8 Å². The van der Waals surface area contributed by atoms with Gasteiger partial charge < -0.3 is 10.2 Å². The Morgan fingerprint density at radius 3 is 2.12 bits per heavy atom. The van der Waals surface area contributed by atoms with Crippen LogP contribution in [0.3, 0.4) is 0 Å². The molecule has 2 atom stereocenters. The zero-order valence-electron chi connectivity index (χ0n) is 23.7. The highest BCUT2D eigenvalue weighted by Gasteiger charge is 2.37. The molecule has 0 aliphatic carbocycles. The van der Waals surface area contributed by atoms with Crippen LogP contribution in [0.1, 0.15) is 44.7 Å². The van der Waals surface area contributed by atoms with Crippen molar-refractivity contribution >= 4 is 50.7 Å². The van der Waals surface area contributed by atoms with Crippen LogP contribution in [0.15, 0.2) is 77.7 Å². The molecule has 13 heteroatoms. The second-order valence-electron chi connectivity index (χ2n) is 9.84. The van der Waals surface area contributed by atoms with Crippen molar-refractivity contribution < 1.29 is 31.2 Å². The van der Waals surface area contributed by atoms with E-state index in [4.69, 9.17) is 23.2 Å². The standard InChI is InChI=1S/C30H32Cl2F3N3O4S/c1-4-20(3)36-29(40)26(5-2)37(18-21-11-9-10-14-24(21)31)28(39)19-38(43(41,42)23-12-7-6-8-13-23)27-17-22(30(33,34)35)15-16-25(27)32/h6-17,20,26H,4-5,18-19H2,1-3H3,(H,36,40)/t20-,26+/m0/s1. The number of nitrogens with one attached hydrogen (secondary N) is 1. The van der Waals surface area contributed by atoms with Crippen molar-refractivity contribution in [2.75, 3.05) is 10.8 Å². The Hall–Kier alpha value is -3.28. The minimum absolute atomic E-state index is 0.161. The largest absolute Gasteiger partial charge is 0.416 e. The minimum Gasteiger partial charge on any atom is -0.352 e. The first-order chi connectivity index (χ1) is 20.2. The van der Waals surface area contributed by atoms with Crippen LogP contribution in [0.25, 0.3) is 0 Å². The third-order valence-electron chi connectivity index (χ3n) is 6.84. The van der Waals surface area contributed by atoms with Crippen molar-refractivity contribution in [3.05, 3.63) is 94.0 Å². The normalized spacial score (nSPS) is 13.2. The second-order valence-corrected chi connectivity index (χ2v) is 12.5. The third kappa shape index (κ3) is 8.43. The monoisotopic (exact) mass is 657 g/mol. The Morgan fingerprint density at radius 1 is 0.907 bits per heavy atom. The Kier molecular flexibility index (Phi) is 11.5. The van der Waals surface area contributed by atoms with E-state index in [0.717, 1.165) is 12.1 Å². The van der Waals surface area contributed by atoms with Crippen LogP contribution in [-0.2, 0) is 32.3 Å². The maximum Gasteiger partial charge on any atom is 0.416 e. The minimum atomic E-state index is -4.82. The van der Waals surface area contributed by atoms with Crippen molar-refractivity contribution in [2.24, 2.45) is 0 Å². The molecule has 3 aromatic rings. The SMILES string of the molecule is CC[C@H](C(=O)N[C@@H](C)CC)N(Cc1ccccc1Cl)C(=O)CN(c1cc(C(F)(F)F)ccc1Cl)S(=O)(=O)c1ccccc1. The number of hydrogen-bond acceptors (Lipinski definition) is 4. The molecule has 43 heavy (non-hydrogen) atoms. The highest BCUT2D eigenvalue weighted by Crippen LogP contribution is 2.37. The number of benzene rings is 3. The Balaban J connectivity index is 2.16. The number of halogens is 5. The molecule has 0 fully saturated rings. The molecule has 3 rings (SSSR count). The van der Waals surface area contributed by atoms with E-state index in [1.807, 2.05) is 6.92 Å². The van der Waals surface area contributed by atoms with Gasteiger partial charge in [-0.05, 0) is 61.7 Å². The molecule has 232 valence electrons. The number of nitrogens with zero attached hydrogens (tertiary/aromatic N) is 2. The maximum atomic E-state index is 14.1. The van der Waals surface area contributed by atoms with E-state index in [2.05, 4.69) is 5.32 Å². The number of carbonyl (C=O) groups is 2. The van der Waals surface area contributed by atoms with Crippen LogP contribution in [0, 0.1) is 0 Å². The molecule has 0 spiro atoms. The lowest BCUT2D eigenvalue weighted by atomic mass is 10.1. The van der Waals surface area contributed by atoms with Crippen molar-refractivity contribution in [3.8, 4) is 0 Å². The average molecular weight is 659 g/mol. The quantitative estimate of drug-likeness (QED) is 0.229. The van der Waals surface area contributed by atoms with E-state index in [9.17, 15) is 31.2 Å². The van der Waals surface area contributed by atoms with E-state index in [1.54, 1.807) is 44.2 Å². The molecule has 0 radical (unpaired) electrons. The highest BCUT2D eigenvalue weighted by molar-refractivity contribution is 7.92. The molecule has 7 nitrogen and oxygen atoms in total. The Labute approximate surface area is 259 Å². The van der Waals surface area contributed by atoms with E-state index in [-0.39, 0.29) is 28.9 Å². The van der Waals surface area contributed by atoms with Gasteiger partial charge in [-0.15, -0.1) is 0 Å². The van der Waals surface area contributed by atoms with E-state index >= 15 is 0 Å². The number of amides is 2. The van der Waals surface area contributed by atoms with Crippen LogP contribution in [0.2, 0.25) is 10.0 Å². The van der Waals surface area contributed by atoms with Gasteiger partial charge in [-0.3, -0.25) is 13.9 Å².